The van der Waals surface area contributed by atoms with Crippen LogP contribution in [-0.4, -0.2) is 13.4 Å². The van der Waals surface area contributed by atoms with Crippen molar-refractivity contribution in [3.63, 3.8) is 0 Å². The maximum absolute atomic E-state index is 13.6. The first-order chi connectivity index (χ1) is 17.0. The smallest absolute Gasteiger partial charge is 0.262 e. The van der Waals surface area contributed by atoms with Crippen LogP contribution in [0.5, 0.6) is 0 Å². The van der Waals surface area contributed by atoms with Gasteiger partial charge in [-0.15, -0.1) is 0 Å². The minimum absolute atomic E-state index is 0.140. The number of pyridine rings is 1. The Labute approximate surface area is 207 Å². The van der Waals surface area contributed by atoms with Gasteiger partial charge in [0, 0.05) is 22.3 Å². The fourth-order valence-electron chi connectivity index (χ4n) is 3.87. The van der Waals surface area contributed by atoms with Gasteiger partial charge in [-0.2, -0.15) is 0 Å². The summed E-state index contributed by atoms with van der Waals surface area (Å²) in [6.07, 6.45) is 0. The van der Waals surface area contributed by atoms with Crippen LogP contribution in [0.1, 0.15) is 26.5 Å². The number of aromatic nitrogens is 1. The van der Waals surface area contributed by atoms with Gasteiger partial charge < -0.3 is 9.73 Å². The molecular weight excluding hydrogens is 484 g/mol. The Balaban J connectivity index is 1.47. The molecular formula is C27H23F2N3O3S. The highest BCUT2D eigenvalue weighted by molar-refractivity contribution is 7.92. The van der Waals surface area contributed by atoms with Crippen molar-refractivity contribution in [1.82, 2.24) is 4.98 Å². The monoisotopic (exact) mass is 507 g/mol. The van der Waals surface area contributed by atoms with E-state index in [1.807, 2.05) is 24.3 Å². The molecule has 5 aromatic rings. The van der Waals surface area contributed by atoms with Gasteiger partial charge in [0.15, 0.2) is 5.58 Å². The number of furan rings is 1. The van der Waals surface area contributed by atoms with Crippen molar-refractivity contribution in [3.05, 3.63) is 90.2 Å². The highest BCUT2D eigenvalue weighted by Crippen LogP contribution is 2.34. The third-order valence-electron chi connectivity index (χ3n) is 5.67. The molecule has 0 aliphatic rings. The Kier molecular flexibility index (Phi) is 5.67. The largest absolute Gasteiger partial charge is 0.458 e. The lowest BCUT2D eigenvalue weighted by Crippen LogP contribution is -2.14. The van der Waals surface area contributed by atoms with E-state index >= 15 is 0 Å². The lowest BCUT2D eigenvalue weighted by Gasteiger charge is -2.14. The third kappa shape index (κ3) is 4.61. The predicted molar refractivity (Wildman–Crippen MR) is 137 cm³/mol. The third-order valence-corrected chi connectivity index (χ3v) is 7.01. The van der Waals surface area contributed by atoms with E-state index < -0.39 is 26.6 Å². The maximum Gasteiger partial charge on any atom is 0.262 e. The molecule has 0 aliphatic carbocycles. The number of hydrogen-bond donors (Lipinski definition) is 2. The molecule has 0 bridgehead atoms. The molecule has 2 aromatic heterocycles. The number of nitrogens with one attached hydrogen (secondary N) is 2. The number of anilines is 3. The first-order valence-electron chi connectivity index (χ1n) is 11.2. The molecule has 0 spiro atoms. The zero-order chi connectivity index (χ0) is 25.7. The summed E-state index contributed by atoms with van der Waals surface area (Å²) < 4.78 is 61.2. The minimum Gasteiger partial charge on any atom is -0.458 e. The second-order valence-electron chi connectivity index (χ2n) is 9.49. The Hall–Kier alpha value is -3.98. The van der Waals surface area contributed by atoms with E-state index in [1.54, 1.807) is 30.3 Å². The lowest BCUT2D eigenvalue weighted by atomic mass is 9.93. The highest BCUT2D eigenvalue weighted by atomic mass is 32.2. The van der Waals surface area contributed by atoms with Crippen LogP contribution in [0.3, 0.4) is 0 Å². The van der Waals surface area contributed by atoms with Gasteiger partial charge in [-0.3, -0.25) is 4.72 Å². The lowest BCUT2D eigenvalue weighted by molar-refractivity contribution is 0.430. The summed E-state index contributed by atoms with van der Waals surface area (Å²) in [5.41, 5.74) is 2.08. The number of halogens is 2. The van der Waals surface area contributed by atoms with Gasteiger partial charge >= 0.3 is 0 Å². The van der Waals surface area contributed by atoms with Crippen LogP contribution in [0.4, 0.5) is 26.0 Å². The highest BCUT2D eigenvalue weighted by Gasteiger charge is 2.21. The second kappa shape index (κ2) is 8.60. The number of benzene rings is 3. The Bertz CT molecular complexity index is 1700. The van der Waals surface area contributed by atoms with Crippen LogP contribution < -0.4 is 10.0 Å². The number of fused-ring (bicyclic) bond motifs is 2. The van der Waals surface area contributed by atoms with Crippen LogP contribution in [0.2, 0.25) is 0 Å². The van der Waals surface area contributed by atoms with E-state index in [0.717, 1.165) is 29.0 Å². The van der Waals surface area contributed by atoms with Gasteiger partial charge in [0.05, 0.1) is 21.8 Å². The molecule has 0 aliphatic heterocycles. The molecule has 6 nitrogen and oxygen atoms in total. The molecule has 0 amide bonds. The Morgan fingerprint density at radius 3 is 2.28 bits per heavy atom. The summed E-state index contributed by atoms with van der Waals surface area (Å²) in [7, 11) is -4.23. The van der Waals surface area contributed by atoms with Gasteiger partial charge in [-0.05, 0) is 48.5 Å². The predicted octanol–water partition coefficient (Wildman–Crippen LogP) is 7.10. The zero-order valence-electron chi connectivity index (χ0n) is 19.8. The molecule has 0 saturated carbocycles. The number of nitrogens with zero attached hydrogens (tertiary/aromatic N) is 1. The van der Waals surface area contributed by atoms with Gasteiger partial charge in [-0.25, -0.2) is 22.2 Å². The molecule has 9 heteroatoms. The second-order valence-corrected chi connectivity index (χ2v) is 11.2. The maximum atomic E-state index is 13.6. The van der Waals surface area contributed by atoms with E-state index in [1.165, 1.54) is 0 Å². The quantitative estimate of drug-likeness (QED) is 0.265. The molecule has 0 fully saturated rings. The SMILES string of the molecule is CC(C)(C)c1cc2cccc(Nc3ccc4c(NS(=O)(=O)c5cc(F)cc(F)c5)cccc4n3)c2o1. The number of hydrogen-bond acceptors (Lipinski definition) is 5. The van der Waals surface area contributed by atoms with Crippen LogP contribution in [0, 0.1) is 11.6 Å². The number of sulfonamides is 1. The standard InChI is InChI=1S/C27H23F2N3O3S/c1-27(2,3)24-12-16-6-4-9-23(26(16)35-24)31-25-11-10-20-21(30-25)7-5-8-22(20)32-36(33,34)19-14-17(28)13-18(29)15-19/h4-15,32H,1-3H3,(H,30,31). The van der Waals surface area contributed by atoms with Gasteiger partial charge in [0.2, 0.25) is 0 Å². The van der Waals surface area contributed by atoms with Gasteiger partial charge in [-0.1, -0.05) is 39.0 Å². The summed E-state index contributed by atoms with van der Waals surface area (Å²) in [4.78, 5) is 4.11. The summed E-state index contributed by atoms with van der Waals surface area (Å²) >= 11 is 0. The van der Waals surface area contributed by atoms with Gasteiger partial charge in [0.1, 0.15) is 23.2 Å². The van der Waals surface area contributed by atoms with Crippen LogP contribution in [0.15, 0.2) is 82.1 Å². The van der Waals surface area contributed by atoms with Crippen molar-refractivity contribution in [2.75, 3.05) is 10.0 Å². The minimum atomic E-state index is -4.23. The van der Waals surface area contributed by atoms with Crippen LogP contribution >= 0.6 is 0 Å². The van der Waals surface area contributed by atoms with Crippen molar-refractivity contribution in [1.29, 1.82) is 0 Å². The fourth-order valence-corrected chi connectivity index (χ4v) is 4.99. The molecule has 0 unspecified atom stereocenters. The van der Waals surface area contributed by atoms with Gasteiger partial charge in [0.25, 0.3) is 10.0 Å². The molecule has 5 rings (SSSR count). The molecule has 0 saturated heterocycles. The van der Waals surface area contributed by atoms with E-state index in [9.17, 15) is 17.2 Å². The van der Waals surface area contributed by atoms with Crippen LogP contribution in [0.25, 0.3) is 21.9 Å². The summed E-state index contributed by atoms with van der Waals surface area (Å²) in [5.74, 6) is -0.553. The van der Waals surface area contributed by atoms with Crippen molar-refractivity contribution in [2.24, 2.45) is 0 Å². The van der Waals surface area contributed by atoms with Crippen LogP contribution in [-0.2, 0) is 15.4 Å². The average Bonchev–Trinajstić information content (AvgIpc) is 3.25. The normalized spacial score (nSPS) is 12.2. The molecule has 184 valence electrons. The van der Waals surface area contributed by atoms with E-state index in [4.69, 9.17) is 4.42 Å². The van der Waals surface area contributed by atoms with Crippen molar-refractivity contribution < 1.29 is 21.6 Å². The Morgan fingerprint density at radius 1 is 0.861 bits per heavy atom. The number of para-hydroxylation sites is 1. The summed E-state index contributed by atoms with van der Waals surface area (Å²) in [6.45, 7) is 6.25. The van der Waals surface area contributed by atoms with E-state index in [2.05, 4.69) is 35.8 Å². The topological polar surface area (TPSA) is 84.2 Å². The number of rotatable bonds is 5. The zero-order valence-corrected chi connectivity index (χ0v) is 20.6. The summed E-state index contributed by atoms with van der Waals surface area (Å²) in [5, 5.41) is 4.77. The van der Waals surface area contributed by atoms with E-state index in [-0.39, 0.29) is 11.1 Å². The molecule has 36 heavy (non-hydrogen) atoms. The molecule has 0 radical (unpaired) electrons. The first kappa shape index (κ1) is 23.7. The average molecular weight is 508 g/mol. The fraction of sp³-hybridized carbons (Fsp3) is 0.148. The first-order valence-corrected chi connectivity index (χ1v) is 12.7. The Morgan fingerprint density at radius 2 is 1.56 bits per heavy atom. The molecule has 0 atom stereocenters. The van der Waals surface area contributed by atoms with E-state index in [0.29, 0.717) is 28.4 Å². The van der Waals surface area contributed by atoms with Crippen molar-refractivity contribution in [2.45, 2.75) is 31.1 Å². The molecule has 2 heterocycles. The van der Waals surface area contributed by atoms with Crippen molar-refractivity contribution >= 4 is 49.1 Å². The van der Waals surface area contributed by atoms with Crippen molar-refractivity contribution in [3.8, 4) is 0 Å². The molecule has 2 N–H and O–H groups in total. The molecule has 3 aromatic carbocycles. The summed E-state index contributed by atoms with van der Waals surface area (Å²) in [6, 6.07) is 18.3.